The monoisotopic (exact) mass is 896 g/mol. The van der Waals surface area contributed by atoms with Gasteiger partial charge in [0.15, 0.2) is 0 Å². The van der Waals surface area contributed by atoms with Gasteiger partial charge >= 0.3 is 0 Å². The summed E-state index contributed by atoms with van der Waals surface area (Å²) in [7, 11) is 0. The van der Waals surface area contributed by atoms with Crippen molar-refractivity contribution in [3.8, 4) is 11.4 Å². The molecule has 12 aromatic rings. The van der Waals surface area contributed by atoms with E-state index in [-0.39, 0.29) is 6.71 Å². The van der Waals surface area contributed by atoms with Crippen LogP contribution in [-0.4, -0.2) is 20.8 Å². The van der Waals surface area contributed by atoms with E-state index in [1.54, 1.807) is 0 Å². The Labute approximate surface area is 407 Å². The van der Waals surface area contributed by atoms with Crippen LogP contribution in [0.5, 0.6) is 0 Å². The maximum atomic E-state index is 4.84. The van der Waals surface area contributed by atoms with Crippen molar-refractivity contribution in [1.82, 2.24) is 14.1 Å². The topological polar surface area (TPSA) is 32.5 Å². The van der Waals surface area contributed by atoms with Crippen molar-refractivity contribution in [2.75, 3.05) is 14.7 Å². The first-order valence-electron chi connectivity index (χ1n) is 24.1. The van der Waals surface area contributed by atoms with Crippen LogP contribution < -0.4 is 31.1 Å². The van der Waals surface area contributed by atoms with Crippen LogP contribution in [0.4, 0.5) is 51.2 Å². The molecule has 2 aliphatic heterocycles. The first-order chi connectivity index (χ1) is 34.6. The molecule has 70 heavy (non-hydrogen) atoms. The van der Waals surface area contributed by atoms with Gasteiger partial charge in [-0.15, -0.1) is 0 Å². The molecule has 7 heteroatoms. The average Bonchev–Trinajstić information content (AvgIpc) is 3.96. The lowest BCUT2D eigenvalue weighted by Crippen LogP contribution is -2.59. The molecule has 0 fully saturated rings. The van der Waals surface area contributed by atoms with Crippen LogP contribution in [-0.2, 0) is 0 Å². The minimum absolute atomic E-state index is 0.0496. The fraction of sp³-hybridized carbons (Fsp3) is 0.0317. The highest BCUT2D eigenvalue weighted by atomic mass is 15.2. The quantitative estimate of drug-likeness (QED) is 0.135. The lowest BCUT2D eigenvalue weighted by atomic mass is 9.34. The SMILES string of the molecule is Cc1cc2c(N(c3ccccc3)c3ccccc3)ccc3c2n1-c1cc(N(c2ccccc2)c2cccc4ncccc24)cc2c1B3c1ccc(N(c3ccccc3)c3ccccc3)c3cc(C)n-2c13. The summed E-state index contributed by atoms with van der Waals surface area (Å²) in [4.78, 5) is 12.1. The number of aryl methyl sites for hydroxylation is 2. The van der Waals surface area contributed by atoms with Crippen LogP contribution in [0.15, 0.2) is 237 Å². The number of para-hydroxylation sites is 5. The lowest BCUT2D eigenvalue weighted by molar-refractivity contribution is 1.02. The van der Waals surface area contributed by atoms with Gasteiger partial charge < -0.3 is 23.8 Å². The fourth-order valence-electron chi connectivity index (χ4n) is 11.7. The first-order valence-corrected chi connectivity index (χ1v) is 24.1. The normalized spacial score (nSPS) is 12.1. The molecule has 0 spiro atoms. The molecule has 0 aliphatic carbocycles. The van der Waals surface area contributed by atoms with E-state index in [4.69, 9.17) is 4.98 Å². The van der Waals surface area contributed by atoms with Gasteiger partial charge in [-0.1, -0.05) is 109 Å². The number of nitrogens with zero attached hydrogens (tertiary/aromatic N) is 6. The Balaban J connectivity index is 1.10. The van der Waals surface area contributed by atoms with Crippen LogP contribution in [0.2, 0.25) is 0 Å². The van der Waals surface area contributed by atoms with Gasteiger partial charge in [0.1, 0.15) is 0 Å². The summed E-state index contributed by atoms with van der Waals surface area (Å²) in [6.07, 6.45) is 1.88. The Morgan fingerprint density at radius 2 is 0.757 bits per heavy atom. The molecule has 0 atom stereocenters. The third-order valence-corrected chi connectivity index (χ3v) is 14.5. The molecular weight excluding hydrogens is 852 g/mol. The van der Waals surface area contributed by atoms with E-state index in [2.05, 4.69) is 262 Å². The Hall–Kier alpha value is -9.07. The molecular formula is C63H45BN6. The van der Waals surface area contributed by atoms with Crippen LogP contribution >= 0.6 is 0 Å². The molecule has 14 rings (SSSR count). The van der Waals surface area contributed by atoms with Crippen molar-refractivity contribution in [2.45, 2.75) is 13.8 Å². The summed E-state index contributed by atoms with van der Waals surface area (Å²) >= 11 is 0. The highest BCUT2D eigenvalue weighted by molar-refractivity contribution is 7.00. The summed E-state index contributed by atoms with van der Waals surface area (Å²) < 4.78 is 5.11. The number of hydrogen-bond acceptors (Lipinski definition) is 4. The summed E-state index contributed by atoms with van der Waals surface area (Å²) in [6, 6.07) is 83.9. The fourth-order valence-corrected chi connectivity index (χ4v) is 11.7. The molecule has 0 saturated carbocycles. The van der Waals surface area contributed by atoms with E-state index in [9.17, 15) is 0 Å². The third kappa shape index (κ3) is 5.98. The molecule has 0 amide bonds. The van der Waals surface area contributed by atoms with Gasteiger partial charge in [0, 0.05) is 73.6 Å². The van der Waals surface area contributed by atoms with Gasteiger partial charge in [-0.3, -0.25) is 4.98 Å². The van der Waals surface area contributed by atoms with Crippen LogP contribution in [0.3, 0.4) is 0 Å². The Kier molecular flexibility index (Phi) is 9.01. The zero-order valence-electron chi connectivity index (χ0n) is 38.8. The van der Waals surface area contributed by atoms with E-state index in [0.717, 1.165) is 62.1 Å². The number of pyridine rings is 1. The third-order valence-electron chi connectivity index (χ3n) is 14.5. The molecule has 9 aromatic carbocycles. The number of benzene rings is 9. The average molecular weight is 897 g/mol. The van der Waals surface area contributed by atoms with Gasteiger partial charge in [-0.2, -0.15) is 0 Å². The van der Waals surface area contributed by atoms with Crippen LogP contribution in [0, 0.1) is 13.8 Å². The standard InChI is InChI=1S/C63H45BN6/c1-42-38-51-57(68(44-20-8-3-9-21-44)45-22-10-4-11-23-45)35-33-53-62(51)66(42)59-40-49(70(48-28-16-7-17-29-48)56-32-18-31-55-50(56)30-19-37-65-55)41-60-61(59)64(53)54-34-36-58(52-39-43(2)67(60)63(52)54)69(46-24-12-5-13-25-46)47-26-14-6-15-27-47/h3-41H,1-2H3. The van der Waals surface area contributed by atoms with Crippen molar-refractivity contribution < 1.29 is 0 Å². The summed E-state index contributed by atoms with van der Waals surface area (Å²) in [5, 5.41) is 3.51. The first kappa shape index (κ1) is 40.0. The Bertz CT molecular complexity index is 3700. The van der Waals surface area contributed by atoms with Crippen molar-refractivity contribution in [3.05, 3.63) is 248 Å². The molecule has 330 valence electrons. The lowest BCUT2D eigenvalue weighted by Gasteiger charge is -2.37. The molecule has 0 radical (unpaired) electrons. The minimum Gasteiger partial charge on any atom is -0.315 e. The molecule has 0 unspecified atom stereocenters. The summed E-state index contributed by atoms with van der Waals surface area (Å²) in [5.41, 5.74) is 22.0. The second-order valence-electron chi connectivity index (χ2n) is 18.5. The van der Waals surface area contributed by atoms with Crippen LogP contribution in [0.1, 0.15) is 11.4 Å². The molecule has 0 N–H and O–H groups in total. The maximum Gasteiger partial charge on any atom is 0.252 e. The molecule has 2 aliphatic rings. The molecule has 6 nitrogen and oxygen atoms in total. The van der Waals surface area contributed by atoms with E-state index in [1.807, 2.05) is 12.3 Å². The number of rotatable bonds is 9. The molecule has 3 aromatic heterocycles. The molecule has 5 heterocycles. The summed E-state index contributed by atoms with van der Waals surface area (Å²) in [5.74, 6) is 0. The van der Waals surface area contributed by atoms with Gasteiger partial charge in [0.2, 0.25) is 0 Å². The van der Waals surface area contributed by atoms with Gasteiger partial charge in [-0.05, 0) is 152 Å². The highest BCUT2D eigenvalue weighted by Gasteiger charge is 2.42. The Morgan fingerprint density at radius 3 is 1.19 bits per heavy atom. The smallest absolute Gasteiger partial charge is 0.252 e. The van der Waals surface area contributed by atoms with Crippen molar-refractivity contribution in [3.63, 3.8) is 0 Å². The van der Waals surface area contributed by atoms with E-state index in [0.29, 0.717) is 0 Å². The second-order valence-corrected chi connectivity index (χ2v) is 18.5. The zero-order valence-corrected chi connectivity index (χ0v) is 38.8. The molecule has 0 saturated heterocycles. The number of anilines is 9. The Morgan fingerprint density at radius 1 is 0.357 bits per heavy atom. The number of aromatic nitrogens is 3. The van der Waals surface area contributed by atoms with E-state index < -0.39 is 0 Å². The van der Waals surface area contributed by atoms with Gasteiger partial charge in [-0.25, -0.2) is 0 Å². The second kappa shape index (κ2) is 15.8. The maximum absolute atomic E-state index is 4.84. The summed E-state index contributed by atoms with van der Waals surface area (Å²) in [6.45, 7) is 4.50. The van der Waals surface area contributed by atoms with Crippen molar-refractivity contribution >= 4 is 107 Å². The number of fused-ring (bicyclic) bond motifs is 5. The van der Waals surface area contributed by atoms with Gasteiger partial charge in [0.05, 0.1) is 39.3 Å². The highest BCUT2D eigenvalue weighted by Crippen LogP contribution is 2.47. The van der Waals surface area contributed by atoms with Crippen LogP contribution in [0.25, 0.3) is 44.1 Å². The largest absolute Gasteiger partial charge is 0.315 e. The van der Waals surface area contributed by atoms with E-state index >= 15 is 0 Å². The number of hydrogen-bond donors (Lipinski definition) is 0. The van der Waals surface area contributed by atoms with E-state index in [1.165, 1.54) is 61.0 Å². The zero-order chi connectivity index (χ0) is 46.5. The molecule has 0 bridgehead atoms. The predicted molar refractivity (Wildman–Crippen MR) is 294 cm³/mol. The minimum atomic E-state index is -0.0496. The predicted octanol–water partition coefficient (Wildman–Crippen LogP) is 14.3. The van der Waals surface area contributed by atoms with Crippen molar-refractivity contribution in [1.29, 1.82) is 0 Å². The van der Waals surface area contributed by atoms with Crippen molar-refractivity contribution in [2.24, 2.45) is 0 Å². The van der Waals surface area contributed by atoms with Gasteiger partial charge in [0.25, 0.3) is 6.71 Å².